The Morgan fingerprint density at radius 3 is 2.37 bits per heavy atom. The highest BCUT2D eigenvalue weighted by Gasteiger charge is 2.28. The number of nitrogens with zero attached hydrogens (tertiary/aromatic N) is 4. The van der Waals surface area contributed by atoms with E-state index in [0.29, 0.717) is 5.69 Å². The Balaban J connectivity index is 1.61. The second-order valence-electron chi connectivity index (χ2n) is 7.03. The molecule has 0 radical (unpaired) electrons. The fraction of sp³-hybridized carbons (Fsp3) is 0.421. The Labute approximate surface area is 161 Å². The molecule has 1 saturated carbocycles. The highest BCUT2D eigenvalue weighted by atomic mass is 35.5. The second kappa shape index (κ2) is 6.88. The quantitative estimate of drug-likeness (QED) is 0.749. The predicted octanol–water partition coefficient (Wildman–Crippen LogP) is 2.95. The first-order valence-electron chi connectivity index (χ1n) is 9.14. The van der Waals surface area contributed by atoms with Crippen LogP contribution in [0.1, 0.15) is 37.8 Å². The second-order valence-corrected chi connectivity index (χ2v) is 7.41. The van der Waals surface area contributed by atoms with Crippen molar-refractivity contribution in [3.63, 3.8) is 0 Å². The molecule has 1 N–H and O–H groups in total. The molecule has 0 amide bonds. The number of aryl methyl sites for hydroxylation is 1. The van der Waals surface area contributed by atoms with Gasteiger partial charge >= 0.3 is 5.69 Å². The zero-order chi connectivity index (χ0) is 19.1. The van der Waals surface area contributed by atoms with Gasteiger partial charge in [0.25, 0.3) is 5.56 Å². The van der Waals surface area contributed by atoms with Crippen molar-refractivity contribution in [2.75, 3.05) is 12.4 Å². The first kappa shape index (κ1) is 17.9. The van der Waals surface area contributed by atoms with Crippen LogP contribution >= 0.6 is 11.6 Å². The molecule has 2 heterocycles. The van der Waals surface area contributed by atoms with Crippen molar-refractivity contribution in [3.05, 3.63) is 56.3 Å². The molecule has 0 aliphatic heterocycles. The van der Waals surface area contributed by atoms with Gasteiger partial charge in [-0.15, -0.1) is 0 Å². The fourth-order valence-corrected chi connectivity index (χ4v) is 4.34. The highest BCUT2D eigenvalue weighted by Crippen LogP contribution is 2.35. The largest absolute Gasteiger partial charge is 0.385 e. The van der Waals surface area contributed by atoms with Crippen LogP contribution in [0.5, 0.6) is 0 Å². The van der Waals surface area contributed by atoms with E-state index < -0.39 is 0 Å². The van der Waals surface area contributed by atoms with Gasteiger partial charge in [-0.2, -0.15) is 5.10 Å². The Morgan fingerprint density at radius 2 is 1.70 bits per heavy atom. The minimum atomic E-state index is -0.269. The third-order valence-electron chi connectivity index (χ3n) is 5.59. The molecule has 0 saturated heterocycles. The summed E-state index contributed by atoms with van der Waals surface area (Å²) < 4.78 is 5.09. The minimum Gasteiger partial charge on any atom is -0.385 e. The first-order chi connectivity index (χ1) is 13.0. The van der Waals surface area contributed by atoms with Crippen molar-refractivity contribution >= 4 is 28.3 Å². The summed E-state index contributed by atoms with van der Waals surface area (Å²) in [6.07, 6.45) is 4.78. The predicted molar refractivity (Wildman–Crippen MR) is 107 cm³/mol. The summed E-state index contributed by atoms with van der Waals surface area (Å²) in [7, 11) is 3.52. The maximum atomic E-state index is 12.7. The SMILES string of the molecule is CNc1cnn(C2CCC(n3c(=O)n(C)c4ccccc43)CC2)c(=O)c1Cl. The zero-order valence-electron chi connectivity index (χ0n) is 15.4. The number of fused-ring (bicyclic) bond motifs is 1. The molecule has 1 fully saturated rings. The van der Waals surface area contributed by atoms with Gasteiger partial charge in [0.1, 0.15) is 5.02 Å². The number of aromatic nitrogens is 4. The number of hydrogen-bond acceptors (Lipinski definition) is 4. The molecule has 8 heteroatoms. The molecule has 1 aliphatic rings. The van der Waals surface area contributed by atoms with Gasteiger partial charge in [0.15, 0.2) is 0 Å². The summed E-state index contributed by atoms with van der Waals surface area (Å²) in [6, 6.07) is 7.99. The summed E-state index contributed by atoms with van der Waals surface area (Å²) in [5.74, 6) is 0. The van der Waals surface area contributed by atoms with E-state index in [0.717, 1.165) is 36.7 Å². The lowest BCUT2D eigenvalue weighted by molar-refractivity contribution is 0.254. The molecular weight excluding hydrogens is 366 g/mol. The van der Waals surface area contributed by atoms with E-state index in [1.54, 1.807) is 17.8 Å². The van der Waals surface area contributed by atoms with Gasteiger partial charge in [0.2, 0.25) is 0 Å². The average molecular weight is 388 g/mol. The van der Waals surface area contributed by atoms with Gasteiger partial charge < -0.3 is 5.32 Å². The number of para-hydroxylation sites is 2. The number of anilines is 1. The Kier molecular flexibility index (Phi) is 4.55. The van der Waals surface area contributed by atoms with Crippen LogP contribution in [0.15, 0.2) is 40.1 Å². The lowest BCUT2D eigenvalue weighted by Crippen LogP contribution is -2.33. The summed E-state index contributed by atoms with van der Waals surface area (Å²) in [5.41, 5.74) is 2.18. The monoisotopic (exact) mass is 387 g/mol. The van der Waals surface area contributed by atoms with E-state index in [-0.39, 0.29) is 28.4 Å². The van der Waals surface area contributed by atoms with Crippen LogP contribution in [0, 0.1) is 0 Å². The Morgan fingerprint density at radius 1 is 1.07 bits per heavy atom. The third kappa shape index (κ3) is 2.86. The lowest BCUT2D eigenvalue weighted by atomic mass is 9.91. The molecule has 1 aliphatic carbocycles. The summed E-state index contributed by atoms with van der Waals surface area (Å²) >= 11 is 6.15. The molecule has 0 atom stereocenters. The topological polar surface area (TPSA) is 73.8 Å². The van der Waals surface area contributed by atoms with Crippen LogP contribution in [0.3, 0.4) is 0 Å². The maximum absolute atomic E-state index is 12.7. The van der Waals surface area contributed by atoms with Crippen molar-refractivity contribution in [2.45, 2.75) is 37.8 Å². The molecule has 1 aromatic carbocycles. The molecule has 3 aromatic rings. The van der Waals surface area contributed by atoms with Gasteiger partial charge in [-0.25, -0.2) is 9.48 Å². The van der Waals surface area contributed by atoms with Gasteiger partial charge in [-0.1, -0.05) is 23.7 Å². The van der Waals surface area contributed by atoms with Gasteiger partial charge in [0.05, 0.1) is 29.0 Å². The number of imidazole rings is 1. The first-order valence-corrected chi connectivity index (χ1v) is 9.51. The van der Waals surface area contributed by atoms with Crippen LogP contribution < -0.4 is 16.6 Å². The van der Waals surface area contributed by atoms with Crippen molar-refractivity contribution in [1.82, 2.24) is 18.9 Å². The molecule has 27 heavy (non-hydrogen) atoms. The van der Waals surface area contributed by atoms with Crippen molar-refractivity contribution in [1.29, 1.82) is 0 Å². The summed E-state index contributed by atoms with van der Waals surface area (Å²) in [4.78, 5) is 25.2. The number of halogens is 1. The van der Waals surface area contributed by atoms with E-state index in [1.807, 2.05) is 35.9 Å². The molecule has 2 aromatic heterocycles. The Hall–Kier alpha value is -2.54. The van der Waals surface area contributed by atoms with Crippen molar-refractivity contribution in [3.8, 4) is 0 Å². The third-order valence-corrected chi connectivity index (χ3v) is 5.95. The average Bonchev–Trinajstić information content (AvgIpc) is 2.95. The highest BCUT2D eigenvalue weighted by molar-refractivity contribution is 6.32. The van der Waals surface area contributed by atoms with E-state index in [9.17, 15) is 9.59 Å². The fourth-order valence-electron chi connectivity index (χ4n) is 4.11. The molecule has 0 spiro atoms. The number of benzene rings is 1. The van der Waals surface area contributed by atoms with Crippen LogP contribution in [0.2, 0.25) is 5.02 Å². The standard InChI is InChI=1S/C19H22ClN5O2/c1-21-14-11-22-25(18(26)17(14)20)13-9-7-12(8-10-13)24-16-6-4-3-5-15(16)23(2)19(24)27/h3-6,11-13,21H,7-10H2,1-2H3. The van der Waals surface area contributed by atoms with Crippen molar-refractivity contribution < 1.29 is 0 Å². The zero-order valence-corrected chi connectivity index (χ0v) is 16.1. The molecule has 7 nitrogen and oxygen atoms in total. The molecular formula is C19H22ClN5O2. The van der Waals surface area contributed by atoms with Crippen LogP contribution in [-0.2, 0) is 7.05 Å². The maximum Gasteiger partial charge on any atom is 0.329 e. The van der Waals surface area contributed by atoms with Gasteiger partial charge in [0, 0.05) is 20.1 Å². The number of rotatable bonds is 3. The number of hydrogen-bond donors (Lipinski definition) is 1. The number of nitrogens with one attached hydrogen (secondary N) is 1. The molecule has 142 valence electrons. The Bertz CT molecular complexity index is 1110. The van der Waals surface area contributed by atoms with E-state index in [4.69, 9.17) is 11.6 Å². The normalized spacial score (nSPS) is 20.1. The molecule has 4 rings (SSSR count). The van der Waals surface area contributed by atoms with Crippen LogP contribution in [0.4, 0.5) is 5.69 Å². The van der Waals surface area contributed by atoms with E-state index >= 15 is 0 Å². The van der Waals surface area contributed by atoms with Gasteiger partial charge in [-0.3, -0.25) is 13.9 Å². The molecule has 0 bridgehead atoms. The molecule has 0 unspecified atom stereocenters. The van der Waals surface area contributed by atoms with Gasteiger partial charge in [-0.05, 0) is 37.8 Å². The van der Waals surface area contributed by atoms with Crippen LogP contribution in [0.25, 0.3) is 11.0 Å². The van der Waals surface area contributed by atoms with Crippen LogP contribution in [-0.4, -0.2) is 26.0 Å². The van der Waals surface area contributed by atoms with E-state index in [1.165, 1.54) is 4.68 Å². The van der Waals surface area contributed by atoms with Crippen molar-refractivity contribution in [2.24, 2.45) is 7.05 Å². The summed E-state index contributed by atoms with van der Waals surface area (Å²) in [5, 5.41) is 7.33. The summed E-state index contributed by atoms with van der Waals surface area (Å²) in [6.45, 7) is 0. The minimum absolute atomic E-state index is 0.00262. The van der Waals surface area contributed by atoms with E-state index in [2.05, 4.69) is 10.4 Å². The smallest absolute Gasteiger partial charge is 0.329 e. The lowest BCUT2D eigenvalue weighted by Gasteiger charge is -2.29.